The first-order valence-corrected chi connectivity index (χ1v) is 32.1. The number of nitrogens with one attached hydrogen (secondary N) is 5. The van der Waals surface area contributed by atoms with Crippen LogP contribution in [0.3, 0.4) is 0 Å². The molecule has 1 fully saturated rings. The average Bonchev–Trinajstić information content (AvgIpc) is 1.77. The van der Waals surface area contributed by atoms with Crippen LogP contribution in [0.25, 0.3) is 10.4 Å². The van der Waals surface area contributed by atoms with Crippen molar-refractivity contribution in [2.45, 2.75) is 213 Å². The van der Waals surface area contributed by atoms with E-state index in [0.29, 0.717) is 36.8 Å². The van der Waals surface area contributed by atoms with Crippen LogP contribution in [0.4, 0.5) is 28.9 Å². The van der Waals surface area contributed by atoms with Gasteiger partial charge in [0.25, 0.3) is 0 Å². The van der Waals surface area contributed by atoms with E-state index < -0.39 is 113 Å². The van der Waals surface area contributed by atoms with Gasteiger partial charge in [-0.25, -0.2) is 28.1 Å². The van der Waals surface area contributed by atoms with Crippen LogP contribution in [-0.4, -0.2) is 141 Å². The van der Waals surface area contributed by atoms with Gasteiger partial charge < -0.3 is 67.0 Å². The second-order valence-electron chi connectivity index (χ2n) is 26.3. The number of hydrogen-bond donors (Lipinski definition) is 9. The summed E-state index contributed by atoms with van der Waals surface area (Å²) in [5.41, 5.74) is 14.0. The van der Waals surface area contributed by atoms with Crippen molar-refractivity contribution in [2.24, 2.45) is 16.9 Å². The second-order valence-corrected chi connectivity index (χ2v) is 27.1. The molecule has 2 heterocycles. The maximum atomic E-state index is 16.3. The minimum atomic E-state index is -1.42. The van der Waals surface area contributed by atoms with Crippen LogP contribution in [0.2, 0.25) is 0 Å². The Morgan fingerprint density at radius 3 is 2.01 bits per heavy atom. The number of primary amides is 2. The number of aliphatic hydroxyl groups excluding tert-OH is 2. The van der Waals surface area contributed by atoms with E-state index in [1.165, 1.54) is 21.1 Å². The van der Waals surface area contributed by atoms with Crippen molar-refractivity contribution >= 4 is 58.9 Å². The highest BCUT2D eigenvalue weighted by atomic mass is 32.1. The van der Waals surface area contributed by atoms with Crippen LogP contribution in [0.1, 0.15) is 167 Å². The number of carbonyl (C=O) groups excluding carboxylic acids is 7. The Kier molecular flexibility index (Phi) is 28.1. The molecule has 502 valence electrons. The fraction of sp³-hybridized carbons (Fsp3) is 0.576. The molecule has 0 spiro atoms. The van der Waals surface area contributed by atoms with Crippen LogP contribution in [0.5, 0.6) is 0 Å². The Balaban J connectivity index is 1.40. The smallest absolute Gasteiger partial charge is 0.419 e. The van der Waals surface area contributed by atoms with Gasteiger partial charge in [0.05, 0.1) is 45.6 Å². The Bertz CT molecular complexity index is 3080. The van der Waals surface area contributed by atoms with Gasteiger partial charge in [0, 0.05) is 63.7 Å². The van der Waals surface area contributed by atoms with Gasteiger partial charge in [-0.15, -0.1) is 11.3 Å². The number of alkyl carbamates (subject to hydrolysis) is 2. The number of benzene rings is 3. The molecular formula is C66H96F2N10O12S. The lowest BCUT2D eigenvalue weighted by atomic mass is 9.85. The minimum absolute atomic E-state index is 0.000909. The van der Waals surface area contributed by atoms with Crippen molar-refractivity contribution in [1.82, 2.24) is 36.1 Å². The number of anilines is 1. The maximum absolute atomic E-state index is 16.3. The molecule has 22 nitrogen and oxygen atoms in total. The topological polar surface area (TPSA) is 319 Å². The molecule has 11 N–H and O–H groups in total. The van der Waals surface area contributed by atoms with Crippen molar-refractivity contribution in [1.29, 1.82) is 0 Å². The number of aryl methyl sites for hydroxylation is 3. The number of likely N-dealkylation sites (tertiary alicyclic amines) is 1. The number of nitrogens with zero attached hydrogens (tertiary/aromatic N) is 3. The van der Waals surface area contributed by atoms with Gasteiger partial charge in [-0.3, -0.25) is 24.5 Å². The molecule has 4 aromatic rings. The van der Waals surface area contributed by atoms with Crippen LogP contribution in [0.15, 0.2) is 66.2 Å². The summed E-state index contributed by atoms with van der Waals surface area (Å²) >= 11 is 1.52. The van der Waals surface area contributed by atoms with Crippen molar-refractivity contribution < 1.29 is 66.8 Å². The number of hydrogen-bond acceptors (Lipinski definition) is 16. The summed E-state index contributed by atoms with van der Waals surface area (Å²) in [6.45, 7) is 18.8. The third-order valence-electron chi connectivity index (χ3n) is 15.3. The summed E-state index contributed by atoms with van der Waals surface area (Å²) in [6, 6.07) is 12.7. The largest absolute Gasteiger partial charge is 0.444 e. The normalized spacial score (nSPS) is 16.0. The number of amides is 7. The van der Waals surface area contributed by atoms with Crippen LogP contribution >= 0.6 is 11.3 Å². The van der Waals surface area contributed by atoms with Gasteiger partial charge in [0.2, 0.25) is 23.6 Å². The number of carbonyl (C=O) groups is 7. The van der Waals surface area contributed by atoms with Crippen LogP contribution < -0.4 is 38.1 Å². The zero-order valence-electron chi connectivity index (χ0n) is 54.6. The molecule has 3 unspecified atom stereocenters. The van der Waals surface area contributed by atoms with E-state index in [4.69, 9.17) is 25.7 Å². The summed E-state index contributed by atoms with van der Waals surface area (Å²) in [5, 5.41) is 35.0. The lowest BCUT2D eigenvalue weighted by molar-refractivity contribution is -0.142. The molecule has 1 aliphatic heterocycles. The number of ether oxygens (including phenoxy) is 3. The van der Waals surface area contributed by atoms with Crippen molar-refractivity contribution in [3.8, 4) is 10.4 Å². The Labute approximate surface area is 537 Å². The summed E-state index contributed by atoms with van der Waals surface area (Å²) in [4.78, 5) is 103. The Morgan fingerprint density at radius 2 is 1.41 bits per heavy atom. The van der Waals surface area contributed by atoms with Gasteiger partial charge in [0.15, 0.2) is 0 Å². The number of aromatic nitrogens is 1. The van der Waals surface area contributed by atoms with Gasteiger partial charge >= 0.3 is 18.3 Å². The van der Waals surface area contributed by atoms with E-state index in [1.807, 2.05) is 31.2 Å². The zero-order valence-corrected chi connectivity index (χ0v) is 55.4. The zero-order chi connectivity index (χ0) is 67.4. The van der Waals surface area contributed by atoms with Gasteiger partial charge in [-0.05, 0) is 147 Å². The predicted octanol–water partition coefficient (Wildman–Crippen LogP) is 8.96. The fourth-order valence-corrected chi connectivity index (χ4v) is 11.5. The van der Waals surface area contributed by atoms with E-state index >= 15 is 8.78 Å². The molecule has 0 bridgehead atoms. The highest BCUT2D eigenvalue weighted by molar-refractivity contribution is 7.13. The Morgan fingerprint density at radius 1 is 0.780 bits per heavy atom. The molecule has 0 aliphatic carbocycles. The molecule has 7 atom stereocenters. The number of unbranched alkanes of at least 4 members (excludes halogenated alkanes) is 2. The molecule has 25 heteroatoms. The number of halogens is 2. The van der Waals surface area contributed by atoms with Gasteiger partial charge in [-0.2, -0.15) is 0 Å². The van der Waals surface area contributed by atoms with E-state index in [2.05, 4.69) is 31.6 Å². The molecule has 1 aliphatic rings. The minimum Gasteiger partial charge on any atom is -0.444 e. The summed E-state index contributed by atoms with van der Waals surface area (Å²) in [7, 11) is 0. The van der Waals surface area contributed by atoms with E-state index in [1.54, 1.807) is 111 Å². The maximum Gasteiger partial charge on any atom is 0.419 e. The molecule has 3 aromatic carbocycles. The van der Waals surface area contributed by atoms with E-state index in [0.717, 1.165) is 21.7 Å². The average molecular weight is 1290 g/mol. The Hall–Kier alpha value is -7.32. The number of aliphatic hydroxyl groups is 2. The van der Waals surface area contributed by atoms with E-state index in [9.17, 15) is 43.8 Å². The van der Waals surface area contributed by atoms with Crippen molar-refractivity contribution in [3.05, 3.63) is 106 Å². The molecular weight excluding hydrogens is 1190 g/mol. The fourth-order valence-electron chi connectivity index (χ4n) is 10.7. The molecule has 1 aromatic heterocycles. The molecule has 5 rings (SSSR count). The number of nitrogens with two attached hydrogens (primary N) is 2. The summed E-state index contributed by atoms with van der Waals surface area (Å²) in [5.74, 6) is -3.55. The molecule has 7 amide bonds. The predicted molar refractivity (Wildman–Crippen MR) is 344 cm³/mol. The molecule has 0 saturated carbocycles. The van der Waals surface area contributed by atoms with Gasteiger partial charge in [0.1, 0.15) is 35.5 Å². The third kappa shape index (κ3) is 24.0. The van der Waals surface area contributed by atoms with Crippen molar-refractivity contribution in [3.63, 3.8) is 0 Å². The number of rotatable bonds is 32. The molecule has 1 saturated heterocycles. The van der Waals surface area contributed by atoms with Gasteiger partial charge in [-0.1, -0.05) is 75.4 Å². The lowest BCUT2D eigenvalue weighted by Gasteiger charge is -2.39. The number of β-amino-alcohol motifs (C(OH)–C–C–N with tert-alkyl or cyclic N) is 1. The lowest BCUT2D eigenvalue weighted by Crippen LogP contribution is -2.59. The van der Waals surface area contributed by atoms with E-state index in [-0.39, 0.29) is 95.4 Å². The first kappa shape index (κ1) is 74.4. The summed E-state index contributed by atoms with van der Waals surface area (Å²) in [6.07, 6.45) is -3.54. The highest BCUT2D eigenvalue weighted by Crippen LogP contribution is 2.31. The van der Waals surface area contributed by atoms with Crippen LogP contribution in [-0.2, 0) is 52.8 Å². The first-order valence-electron chi connectivity index (χ1n) is 31.2. The number of thiazole rings is 1. The highest BCUT2D eigenvalue weighted by Gasteiger charge is 2.46. The quantitative estimate of drug-likeness (QED) is 0.0125. The molecule has 91 heavy (non-hydrogen) atoms. The second kappa shape index (κ2) is 34.4. The SMILES string of the molecule is Cc1ncsc1-c1ccc([C@H](C)NC(=O)[C@@H]2C[C@@H](O)CN2C(=O)[C@@H](NC(=O)OC(=O)N(CCCCc2cccc(NCCC(CCC(N)=O)NC(=O)OC(C)(C)C)c2F)C(CCC(N)=O)C(NCc2cccc(CCCCO)c2F)OC(C)(C)C)C(C)(C)C)cc1. The monoisotopic (exact) mass is 1290 g/mol. The molecule has 0 radical (unpaired) electrons. The first-order chi connectivity index (χ1) is 42.7. The summed E-state index contributed by atoms with van der Waals surface area (Å²) < 4.78 is 50.1. The third-order valence-corrected chi connectivity index (χ3v) is 16.3. The standard InChI is InChI=1S/C66H96F2N10O12S/c1-40(42-24-26-45(27-25-42)56-41(2)73-39-91-56)74-58(83)51-36-48(80)38-78(51)60(84)57(64(3,4)5)76-61(85)88-63(87)77(50(29-31-53(70)82)59(89-65(6,7)8)72-37-46-22-16-20-43(54(46)67)19-13-15-35-79)34-14-12-18-44-21-17-23-49(55(44)68)71-33-32-47(28-30-52(69)81)75-62(86)90-66(9,10)11/h16-17,20-27,39-40,47-48,50-51,57,59,71-72,79-80H,12-15,18-19,28-38H2,1-11H3,(H2,69,81)(H2,70,82)(H,74,83)(H,75,86)(H,76,85)/t40-,47?,48+,50?,51-,57+,59?/m0/s1. The van der Waals surface area contributed by atoms with Crippen LogP contribution in [0, 0.1) is 24.0 Å². The van der Waals surface area contributed by atoms with Crippen molar-refractivity contribution in [2.75, 3.05) is 31.6 Å².